The van der Waals surface area contributed by atoms with E-state index in [2.05, 4.69) is 26.5 Å². The standard InChI is InChI=1S/C30H25BrN2O5/c1-21(37-27-15-13-26(14-16-27)36-20-22-8-4-2-5-9-22)29(34)33-32-19-24-18-25(31)12-17-28(24)38-30(35)23-10-6-3-7-11-23/h2-19,21H,20H2,1H3,(H,33,34)/b32-19-/t21-/m0/s1. The van der Waals surface area contributed by atoms with Gasteiger partial charge in [0.2, 0.25) is 0 Å². The summed E-state index contributed by atoms with van der Waals surface area (Å²) in [6.07, 6.45) is 0.600. The van der Waals surface area contributed by atoms with Crippen LogP contribution in [0.1, 0.15) is 28.4 Å². The van der Waals surface area contributed by atoms with E-state index >= 15 is 0 Å². The Labute approximate surface area is 229 Å². The average Bonchev–Trinajstić information content (AvgIpc) is 2.95. The summed E-state index contributed by atoms with van der Waals surface area (Å²) in [4.78, 5) is 25.0. The fraction of sp³-hybridized carbons (Fsp3) is 0.100. The van der Waals surface area contributed by atoms with Gasteiger partial charge < -0.3 is 14.2 Å². The molecule has 192 valence electrons. The lowest BCUT2D eigenvalue weighted by molar-refractivity contribution is -0.127. The van der Waals surface area contributed by atoms with E-state index in [4.69, 9.17) is 14.2 Å². The molecule has 0 fully saturated rings. The van der Waals surface area contributed by atoms with Crippen molar-refractivity contribution >= 4 is 34.0 Å². The lowest BCUT2D eigenvalue weighted by atomic mass is 10.2. The number of hydrogen-bond acceptors (Lipinski definition) is 6. The fourth-order valence-electron chi connectivity index (χ4n) is 3.32. The highest BCUT2D eigenvalue weighted by Gasteiger charge is 2.15. The lowest BCUT2D eigenvalue weighted by Gasteiger charge is -2.13. The largest absolute Gasteiger partial charge is 0.489 e. The quantitative estimate of drug-likeness (QED) is 0.106. The molecule has 4 rings (SSSR count). The van der Waals surface area contributed by atoms with Gasteiger partial charge in [0.05, 0.1) is 11.8 Å². The average molecular weight is 573 g/mol. The first-order chi connectivity index (χ1) is 18.5. The number of amides is 1. The molecule has 0 spiro atoms. The summed E-state index contributed by atoms with van der Waals surface area (Å²) in [5.74, 6) is 0.582. The number of esters is 1. The number of nitrogens with one attached hydrogen (secondary N) is 1. The summed E-state index contributed by atoms with van der Waals surface area (Å²) >= 11 is 3.40. The first kappa shape index (κ1) is 26.6. The van der Waals surface area contributed by atoms with Crippen LogP contribution in [-0.4, -0.2) is 24.2 Å². The summed E-state index contributed by atoms with van der Waals surface area (Å²) < 4.78 is 17.8. The second-order valence-corrected chi connectivity index (χ2v) is 9.09. The molecule has 4 aromatic carbocycles. The molecule has 0 bridgehead atoms. The molecule has 7 nitrogen and oxygen atoms in total. The van der Waals surface area contributed by atoms with Gasteiger partial charge in [0.15, 0.2) is 6.10 Å². The van der Waals surface area contributed by atoms with Crippen LogP contribution in [0.2, 0.25) is 0 Å². The molecular formula is C30H25BrN2O5. The second kappa shape index (κ2) is 13.2. The Morgan fingerprint density at radius 3 is 2.26 bits per heavy atom. The molecule has 0 aliphatic heterocycles. The minimum atomic E-state index is -0.805. The topological polar surface area (TPSA) is 86.2 Å². The zero-order valence-electron chi connectivity index (χ0n) is 20.5. The van der Waals surface area contributed by atoms with E-state index in [1.165, 1.54) is 6.21 Å². The van der Waals surface area contributed by atoms with E-state index < -0.39 is 18.0 Å². The molecule has 0 unspecified atom stereocenters. The van der Waals surface area contributed by atoms with Crippen molar-refractivity contribution in [2.24, 2.45) is 5.10 Å². The van der Waals surface area contributed by atoms with Gasteiger partial charge >= 0.3 is 5.97 Å². The van der Waals surface area contributed by atoms with Crippen LogP contribution in [0, 0.1) is 0 Å². The third-order valence-corrected chi connectivity index (χ3v) is 5.81. The van der Waals surface area contributed by atoms with Crippen molar-refractivity contribution in [1.29, 1.82) is 0 Å². The van der Waals surface area contributed by atoms with Crippen molar-refractivity contribution in [3.63, 3.8) is 0 Å². The van der Waals surface area contributed by atoms with Crippen LogP contribution < -0.4 is 19.6 Å². The van der Waals surface area contributed by atoms with Gasteiger partial charge in [0.25, 0.3) is 5.91 Å². The minimum Gasteiger partial charge on any atom is -0.489 e. The molecule has 0 heterocycles. The molecule has 0 aliphatic carbocycles. The molecule has 1 N–H and O–H groups in total. The van der Waals surface area contributed by atoms with Crippen molar-refractivity contribution in [1.82, 2.24) is 5.43 Å². The number of carbonyl (C=O) groups excluding carboxylic acids is 2. The number of rotatable bonds is 10. The highest BCUT2D eigenvalue weighted by molar-refractivity contribution is 9.10. The van der Waals surface area contributed by atoms with Crippen molar-refractivity contribution in [2.75, 3.05) is 0 Å². The Morgan fingerprint density at radius 1 is 0.895 bits per heavy atom. The zero-order valence-corrected chi connectivity index (χ0v) is 22.1. The highest BCUT2D eigenvalue weighted by atomic mass is 79.9. The Morgan fingerprint density at radius 2 is 1.55 bits per heavy atom. The number of carbonyl (C=O) groups is 2. The van der Waals surface area contributed by atoms with Gasteiger partial charge in [0, 0.05) is 10.0 Å². The molecule has 1 amide bonds. The van der Waals surface area contributed by atoms with Crippen LogP contribution in [0.3, 0.4) is 0 Å². The van der Waals surface area contributed by atoms with Gasteiger partial charge in [-0.05, 0) is 67.1 Å². The molecule has 0 aliphatic rings. The number of hydrogen-bond donors (Lipinski definition) is 1. The van der Waals surface area contributed by atoms with Gasteiger partial charge in [-0.2, -0.15) is 5.10 Å². The van der Waals surface area contributed by atoms with E-state index in [-0.39, 0.29) is 0 Å². The van der Waals surface area contributed by atoms with Gasteiger partial charge in [-0.3, -0.25) is 4.79 Å². The maximum Gasteiger partial charge on any atom is 0.343 e. The van der Waals surface area contributed by atoms with Crippen molar-refractivity contribution < 1.29 is 23.8 Å². The number of benzene rings is 4. The molecule has 0 saturated heterocycles. The van der Waals surface area contributed by atoms with Crippen LogP contribution >= 0.6 is 15.9 Å². The van der Waals surface area contributed by atoms with Gasteiger partial charge in [-0.15, -0.1) is 0 Å². The lowest BCUT2D eigenvalue weighted by Crippen LogP contribution is -2.33. The summed E-state index contributed by atoms with van der Waals surface area (Å²) in [5.41, 5.74) is 4.46. The van der Waals surface area contributed by atoms with Crippen LogP contribution in [0.15, 0.2) is 113 Å². The second-order valence-electron chi connectivity index (χ2n) is 8.18. The van der Waals surface area contributed by atoms with Crippen LogP contribution in [0.25, 0.3) is 0 Å². The normalized spacial score (nSPS) is 11.5. The summed E-state index contributed by atoms with van der Waals surface area (Å²) in [5, 5.41) is 4.02. The fourth-order valence-corrected chi connectivity index (χ4v) is 3.69. The van der Waals surface area contributed by atoms with Gasteiger partial charge in [-0.25, -0.2) is 10.2 Å². The number of nitrogens with zero attached hydrogens (tertiary/aromatic N) is 1. The number of hydrazone groups is 1. The molecular weight excluding hydrogens is 548 g/mol. The molecule has 38 heavy (non-hydrogen) atoms. The van der Waals surface area contributed by atoms with E-state index in [0.717, 1.165) is 10.0 Å². The third kappa shape index (κ3) is 7.78. The summed E-state index contributed by atoms with van der Waals surface area (Å²) in [6, 6.07) is 30.7. The van der Waals surface area contributed by atoms with Crippen molar-refractivity contribution in [3.05, 3.63) is 124 Å². The monoisotopic (exact) mass is 572 g/mol. The first-order valence-electron chi connectivity index (χ1n) is 11.8. The molecule has 4 aromatic rings. The maximum atomic E-state index is 12.5. The molecule has 0 saturated carbocycles. The molecule has 1 atom stereocenters. The predicted molar refractivity (Wildman–Crippen MR) is 149 cm³/mol. The van der Waals surface area contributed by atoms with Crippen LogP contribution in [-0.2, 0) is 11.4 Å². The van der Waals surface area contributed by atoms with Gasteiger partial charge in [-0.1, -0.05) is 64.5 Å². The SMILES string of the molecule is C[C@H](Oc1ccc(OCc2ccccc2)cc1)C(=O)N/N=C\c1cc(Br)ccc1OC(=O)c1ccccc1. The molecule has 0 radical (unpaired) electrons. The predicted octanol–water partition coefficient (Wildman–Crippen LogP) is 6.16. The summed E-state index contributed by atoms with van der Waals surface area (Å²) in [6.45, 7) is 2.08. The van der Waals surface area contributed by atoms with Crippen LogP contribution in [0.5, 0.6) is 17.2 Å². The Kier molecular flexibility index (Phi) is 9.26. The summed E-state index contributed by atoms with van der Waals surface area (Å²) in [7, 11) is 0. The Bertz CT molecular complexity index is 1390. The van der Waals surface area contributed by atoms with Crippen LogP contribution in [0.4, 0.5) is 0 Å². The van der Waals surface area contributed by atoms with E-state index in [1.807, 2.05) is 36.4 Å². The van der Waals surface area contributed by atoms with E-state index in [9.17, 15) is 9.59 Å². The van der Waals surface area contributed by atoms with Gasteiger partial charge in [0.1, 0.15) is 23.9 Å². The van der Waals surface area contributed by atoms with E-state index in [0.29, 0.717) is 35.0 Å². The van der Waals surface area contributed by atoms with Crippen molar-refractivity contribution in [3.8, 4) is 17.2 Å². The first-order valence-corrected chi connectivity index (χ1v) is 12.6. The molecule has 8 heteroatoms. The number of halogens is 1. The molecule has 0 aromatic heterocycles. The zero-order chi connectivity index (χ0) is 26.7. The number of ether oxygens (including phenoxy) is 3. The Hall–Kier alpha value is -4.43. The smallest absolute Gasteiger partial charge is 0.343 e. The van der Waals surface area contributed by atoms with Crippen molar-refractivity contribution in [2.45, 2.75) is 19.6 Å². The van der Waals surface area contributed by atoms with E-state index in [1.54, 1.807) is 73.7 Å². The minimum absolute atomic E-state index is 0.305. The third-order valence-electron chi connectivity index (χ3n) is 5.32. The Balaban J connectivity index is 1.30. The maximum absolute atomic E-state index is 12.5. The highest BCUT2D eigenvalue weighted by Crippen LogP contribution is 2.23.